The summed E-state index contributed by atoms with van der Waals surface area (Å²) in [4.78, 5) is 0. The van der Waals surface area contributed by atoms with Gasteiger partial charge in [0.15, 0.2) is 0 Å². The van der Waals surface area contributed by atoms with Gasteiger partial charge in [0.2, 0.25) is 0 Å². The van der Waals surface area contributed by atoms with Gasteiger partial charge in [0.25, 0.3) is 0 Å². The van der Waals surface area contributed by atoms with Crippen molar-refractivity contribution in [3.05, 3.63) is 29.3 Å². The quantitative estimate of drug-likeness (QED) is 0.892. The zero-order chi connectivity index (χ0) is 13.0. The van der Waals surface area contributed by atoms with Gasteiger partial charge in [0.1, 0.15) is 5.75 Å². The first-order valence-corrected chi connectivity index (χ1v) is 6.72. The predicted molar refractivity (Wildman–Crippen MR) is 73.1 cm³/mol. The lowest BCUT2D eigenvalue weighted by Crippen LogP contribution is -2.31. The molecule has 0 spiro atoms. The number of hydrogen-bond donors (Lipinski definition) is 1. The summed E-state index contributed by atoms with van der Waals surface area (Å²) in [6, 6.07) is 6.27. The molecule has 0 saturated carbocycles. The van der Waals surface area contributed by atoms with E-state index in [2.05, 4.69) is 19.1 Å². The van der Waals surface area contributed by atoms with E-state index in [9.17, 15) is 0 Å². The summed E-state index contributed by atoms with van der Waals surface area (Å²) >= 11 is 0. The molecule has 2 rings (SSSR count). The molecular weight excluding hydrogens is 226 g/mol. The van der Waals surface area contributed by atoms with Crippen LogP contribution in [0.15, 0.2) is 18.2 Å². The van der Waals surface area contributed by atoms with Crippen LogP contribution in [0.1, 0.15) is 36.3 Å². The third-order valence-electron chi connectivity index (χ3n) is 3.70. The van der Waals surface area contributed by atoms with Crippen LogP contribution in [-0.2, 0) is 4.74 Å². The Balaban J connectivity index is 2.27. The van der Waals surface area contributed by atoms with Crippen molar-refractivity contribution in [3.63, 3.8) is 0 Å². The maximum Gasteiger partial charge on any atom is 0.122 e. The molecule has 1 aliphatic rings. The van der Waals surface area contributed by atoms with Crippen LogP contribution >= 0.6 is 0 Å². The number of methoxy groups -OCH3 is 1. The highest BCUT2D eigenvalue weighted by molar-refractivity contribution is 5.40. The molecule has 2 unspecified atom stereocenters. The van der Waals surface area contributed by atoms with Gasteiger partial charge in [-0.3, -0.25) is 0 Å². The molecule has 2 N–H and O–H groups in total. The first-order chi connectivity index (χ1) is 8.76. The molecule has 1 fully saturated rings. The molecule has 0 aliphatic carbocycles. The third-order valence-corrected chi connectivity index (χ3v) is 3.70. The van der Waals surface area contributed by atoms with Gasteiger partial charge in [-0.2, -0.15) is 0 Å². The van der Waals surface area contributed by atoms with Gasteiger partial charge in [-0.1, -0.05) is 17.7 Å². The number of nitrogens with two attached hydrogens (primary N) is 1. The Morgan fingerprint density at radius 1 is 1.44 bits per heavy atom. The minimum absolute atomic E-state index is 0.236. The van der Waals surface area contributed by atoms with E-state index in [0.717, 1.165) is 18.8 Å². The first-order valence-electron chi connectivity index (χ1n) is 6.72. The van der Waals surface area contributed by atoms with Crippen LogP contribution < -0.4 is 10.5 Å². The Labute approximate surface area is 109 Å². The van der Waals surface area contributed by atoms with Crippen molar-refractivity contribution in [1.29, 1.82) is 0 Å². The molecule has 1 aliphatic heterocycles. The van der Waals surface area contributed by atoms with Gasteiger partial charge >= 0.3 is 0 Å². The van der Waals surface area contributed by atoms with Gasteiger partial charge in [0.05, 0.1) is 13.2 Å². The van der Waals surface area contributed by atoms with Crippen LogP contribution in [0, 0.1) is 6.92 Å². The molecular formula is C15H23NO2. The van der Waals surface area contributed by atoms with Crippen LogP contribution in [-0.4, -0.2) is 26.4 Å². The zero-order valence-corrected chi connectivity index (χ0v) is 11.3. The lowest BCUT2D eigenvalue weighted by molar-refractivity contribution is 0.000178. The summed E-state index contributed by atoms with van der Waals surface area (Å²) in [5.41, 5.74) is 8.40. The number of rotatable bonds is 4. The molecule has 0 amide bonds. The van der Waals surface area contributed by atoms with E-state index in [4.69, 9.17) is 15.2 Å². The molecule has 1 heterocycles. The molecule has 100 valence electrons. The number of aryl methyl sites for hydroxylation is 1. The smallest absolute Gasteiger partial charge is 0.122 e. The van der Waals surface area contributed by atoms with E-state index in [1.54, 1.807) is 7.11 Å². The zero-order valence-electron chi connectivity index (χ0n) is 11.3. The maximum atomic E-state index is 5.97. The topological polar surface area (TPSA) is 44.5 Å². The van der Waals surface area contributed by atoms with Crippen molar-refractivity contribution in [2.24, 2.45) is 5.73 Å². The van der Waals surface area contributed by atoms with Crippen LogP contribution in [0.2, 0.25) is 0 Å². The fraction of sp³-hybridized carbons (Fsp3) is 0.600. The second kappa shape index (κ2) is 6.21. The van der Waals surface area contributed by atoms with Gasteiger partial charge in [-0.15, -0.1) is 0 Å². The summed E-state index contributed by atoms with van der Waals surface area (Å²) < 4.78 is 11.4. The van der Waals surface area contributed by atoms with Crippen LogP contribution in [0.25, 0.3) is 0 Å². The molecule has 1 aromatic carbocycles. The average molecular weight is 249 g/mol. The maximum absolute atomic E-state index is 5.97. The molecule has 2 atom stereocenters. The van der Waals surface area contributed by atoms with Crippen molar-refractivity contribution in [2.75, 3.05) is 20.3 Å². The largest absolute Gasteiger partial charge is 0.496 e. The molecule has 3 nitrogen and oxygen atoms in total. The first kappa shape index (κ1) is 13.4. The van der Waals surface area contributed by atoms with Crippen LogP contribution in [0.5, 0.6) is 5.75 Å². The fourth-order valence-corrected chi connectivity index (χ4v) is 2.71. The van der Waals surface area contributed by atoms with E-state index in [-0.39, 0.29) is 12.0 Å². The summed E-state index contributed by atoms with van der Waals surface area (Å²) in [5, 5.41) is 0. The summed E-state index contributed by atoms with van der Waals surface area (Å²) in [6.07, 6.45) is 3.73. The van der Waals surface area contributed by atoms with Gasteiger partial charge in [0, 0.05) is 24.6 Å². The molecule has 0 bridgehead atoms. The Morgan fingerprint density at radius 2 is 2.28 bits per heavy atom. The number of benzene rings is 1. The standard InChI is InChI=1S/C15H23NO2/c1-11-6-7-14(17-2)12(9-11)13(10-16)15-5-3-4-8-18-15/h6-7,9,13,15H,3-5,8,10,16H2,1-2H3. The van der Waals surface area contributed by atoms with E-state index in [0.29, 0.717) is 6.54 Å². The van der Waals surface area contributed by atoms with Gasteiger partial charge in [-0.25, -0.2) is 0 Å². The predicted octanol–water partition coefficient (Wildman–Crippen LogP) is 2.62. The third kappa shape index (κ3) is 2.85. The average Bonchev–Trinajstić information content (AvgIpc) is 2.41. The molecule has 3 heteroatoms. The Bertz CT molecular complexity index is 386. The lowest BCUT2D eigenvalue weighted by Gasteiger charge is -2.31. The molecule has 0 aromatic heterocycles. The van der Waals surface area contributed by atoms with E-state index >= 15 is 0 Å². The summed E-state index contributed by atoms with van der Waals surface area (Å²) in [6.45, 7) is 3.55. The normalized spacial score (nSPS) is 21.6. The highest BCUT2D eigenvalue weighted by Crippen LogP contribution is 2.33. The fourth-order valence-electron chi connectivity index (χ4n) is 2.71. The SMILES string of the molecule is COc1ccc(C)cc1C(CN)C1CCCCO1. The highest BCUT2D eigenvalue weighted by atomic mass is 16.5. The molecule has 1 saturated heterocycles. The molecule has 18 heavy (non-hydrogen) atoms. The van der Waals surface area contributed by atoms with E-state index in [1.165, 1.54) is 24.0 Å². The van der Waals surface area contributed by atoms with Crippen molar-refractivity contribution < 1.29 is 9.47 Å². The van der Waals surface area contributed by atoms with Crippen molar-refractivity contribution >= 4 is 0 Å². The Kier molecular flexibility index (Phi) is 4.61. The van der Waals surface area contributed by atoms with Crippen LogP contribution in [0.4, 0.5) is 0 Å². The summed E-state index contributed by atoms with van der Waals surface area (Å²) in [7, 11) is 1.71. The minimum Gasteiger partial charge on any atom is -0.496 e. The van der Waals surface area contributed by atoms with Crippen molar-refractivity contribution in [3.8, 4) is 5.75 Å². The second-order valence-electron chi connectivity index (χ2n) is 4.99. The monoisotopic (exact) mass is 249 g/mol. The number of ether oxygens (including phenoxy) is 2. The van der Waals surface area contributed by atoms with Gasteiger partial charge < -0.3 is 15.2 Å². The Morgan fingerprint density at radius 3 is 2.89 bits per heavy atom. The van der Waals surface area contributed by atoms with Crippen LogP contribution in [0.3, 0.4) is 0 Å². The lowest BCUT2D eigenvalue weighted by atomic mass is 9.88. The Hall–Kier alpha value is -1.06. The minimum atomic E-state index is 0.236. The summed E-state index contributed by atoms with van der Waals surface area (Å²) in [5.74, 6) is 1.16. The van der Waals surface area contributed by atoms with Crippen molar-refractivity contribution in [1.82, 2.24) is 0 Å². The van der Waals surface area contributed by atoms with Gasteiger partial charge in [-0.05, 0) is 32.3 Å². The van der Waals surface area contributed by atoms with E-state index < -0.39 is 0 Å². The highest BCUT2D eigenvalue weighted by Gasteiger charge is 2.27. The molecule has 1 aromatic rings. The second-order valence-corrected chi connectivity index (χ2v) is 4.99. The van der Waals surface area contributed by atoms with Crippen molar-refractivity contribution in [2.45, 2.75) is 38.2 Å². The molecule has 0 radical (unpaired) electrons. The number of hydrogen-bond acceptors (Lipinski definition) is 3. The van der Waals surface area contributed by atoms with E-state index in [1.807, 2.05) is 6.07 Å².